The first kappa shape index (κ1) is 14.0. The third kappa shape index (κ3) is 2.28. The third-order valence-electron chi connectivity index (χ3n) is 5.57. The van der Waals surface area contributed by atoms with Crippen LogP contribution in [0.4, 0.5) is 0 Å². The van der Waals surface area contributed by atoms with Crippen molar-refractivity contribution in [3.05, 3.63) is 48.2 Å². The number of rotatable bonds is 3. The molecule has 1 saturated heterocycles. The van der Waals surface area contributed by atoms with Crippen LogP contribution in [-0.2, 0) is 16.1 Å². The Balaban J connectivity index is 1.56. The van der Waals surface area contributed by atoms with Crippen LogP contribution in [0, 0.1) is 5.92 Å². The number of carbonyl (C=O) groups is 1. The van der Waals surface area contributed by atoms with Gasteiger partial charge in [-0.15, -0.1) is 0 Å². The minimum Gasteiger partial charge on any atom is -0.371 e. The maximum Gasteiger partial charge on any atom is 0.227 e. The fourth-order valence-corrected chi connectivity index (χ4v) is 4.50. The van der Waals surface area contributed by atoms with Gasteiger partial charge in [0.1, 0.15) is 0 Å². The number of amides is 1. The Hall–Kier alpha value is -1.61. The molecule has 1 spiro atoms. The van der Waals surface area contributed by atoms with Crippen molar-refractivity contribution in [3.63, 3.8) is 0 Å². The van der Waals surface area contributed by atoms with Gasteiger partial charge in [0.25, 0.3) is 0 Å². The minimum absolute atomic E-state index is 0.0816. The van der Waals surface area contributed by atoms with E-state index in [2.05, 4.69) is 18.2 Å². The molecule has 22 heavy (non-hydrogen) atoms. The quantitative estimate of drug-likeness (QED) is 0.852. The first-order chi connectivity index (χ1) is 10.8. The highest BCUT2D eigenvalue weighted by Gasteiger charge is 2.52. The lowest BCUT2D eigenvalue weighted by atomic mass is 9.67. The molecule has 1 aromatic carbocycles. The lowest BCUT2D eigenvalue weighted by Crippen LogP contribution is -2.63. The number of allylic oxidation sites excluding steroid dienone is 1. The van der Waals surface area contributed by atoms with Gasteiger partial charge >= 0.3 is 0 Å². The van der Waals surface area contributed by atoms with Gasteiger partial charge in [-0.05, 0) is 37.2 Å². The van der Waals surface area contributed by atoms with Crippen molar-refractivity contribution < 1.29 is 9.53 Å². The van der Waals surface area contributed by atoms with Gasteiger partial charge in [0.2, 0.25) is 5.91 Å². The number of carbonyl (C=O) groups excluding carboxylic acids is 1. The van der Waals surface area contributed by atoms with E-state index in [1.165, 1.54) is 18.4 Å². The van der Waals surface area contributed by atoms with E-state index in [0.717, 1.165) is 19.3 Å². The fourth-order valence-electron chi connectivity index (χ4n) is 4.50. The zero-order valence-corrected chi connectivity index (χ0v) is 12.9. The molecule has 0 unspecified atom stereocenters. The van der Waals surface area contributed by atoms with Crippen LogP contribution in [0.15, 0.2) is 42.6 Å². The predicted molar refractivity (Wildman–Crippen MR) is 84.9 cm³/mol. The number of piperidine rings is 1. The number of benzene rings is 1. The van der Waals surface area contributed by atoms with Crippen molar-refractivity contribution in [2.24, 2.45) is 5.92 Å². The molecule has 116 valence electrons. The Bertz CT molecular complexity index is 582. The van der Waals surface area contributed by atoms with Crippen LogP contribution in [0.2, 0.25) is 0 Å². The molecule has 1 amide bonds. The largest absolute Gasteiger partial charge is 0.371 e. The number of hydrogen-bond acceptors (Lipinski definition) is 2. The average Bonchev–Trinajstić information content (AvgIpc) is 2.55. The van der Waals surface area contributed by atoms with Gasteiger partial charge in [-0.2, -0.15) is 0 Å². The average molecular weight is 297 g/mol. The van der Waals surface area contributed by atoms with Gasteiger partial charge in [0, 0.05) is 12.6 Å². The summed E-state index contributed by atoms with van der Waals surface area (Å²) >= 11 is 0. The molecule has 1 aromatic rings. The summed E-state index contributed by atoms with van der Waals surface area (Å²) in [6.45, 7) is 0.643. The van der Waals surface area contributed by atoms with Gasteiger partial charge in [-0.3, -0.25) is 4.79 Å². The summed E-state index contributed by atoms with van der Waals surface area (Å²) in [5.74, 6) is 0.898. The molecule has 2 fully saturated rings. The first-order valence-electron chi connectivity index (χ1n) is 8.44. The second-order valence-corrected chi connectivity index (χ2v) is 6.89. The molecule has 4 rings (SSSR count). The zero-order chi connectivity index (χ0) is 15.0. The number of ether oxygens (including phenoxy) is 1. The highest BCUT2D eigenvalue weighted by molar-refractivity contribution is 5.79. The number of fused-ring (bicyclic) bond motifs is 1. The van der Waals surface area contributed by atoms with E-state index in [-0.39, 0.29) is 17.6 Å². The number of hydrogen-bond donors (Lipinski definition) is 0. The van der Waals surface area contributed by atoms with Gasteiger partial charge in [0.05, 0.1) is 18.2 Å². The Kier molecular flexibility index (Phi) is 3.53. The second-order valence-electron chi connectivity index (χ2n) is 6.89. The summed E-state index contributed by atoms with van der Waals surface area (Å²) in [6, 6.07) is 10.3. The molecule has 0 radical (unpaired) electrons. The van der Waals surface area contributed by atoms with Crippen LogP contribution in [0.3, 0.4) is 0 Å². The third-order valence-corrected chi connectivity index (χ3v) is 5.57. The maximum atomic E-state index is 12.4. The van der Waals surface area contributed by atoms with Crippen molar-refractivity contribution in [2.45, 2.75) is 56.8 Å². The molecule has 0 aromatic heterocycles. The summed E-state index contributed by atoms with van der Waals surface area (Å²) in [6.07, 6.45) is 10.5. The van der Waals surface area contributed by atoms with E-state index in [1.807, 2.05) is 29.3 Å². The van der Waals surface area contributed by atoms with Gasteiger partial charge in [-0.25, -0.2) is 0 Å². The lowest BCUT2D eigenvalue weighted by molar-refractivity contribution is -0.160. The van der Waals surface area contributed by atoms with Crippen LogP contribution in [0.1, 0.15) is 44.1 Å². The second kappa shape index (κ2) is 5.54. The van der Waals surface area contributed by atoms with E-state index >= 15 is 0 Å². The van der Waals surface area contributed by atoms with Crippen LogP contribution in [0.5, 0.6) is 0 Å². The smallest absolute Gasteiger partial charge is 0.227 e. The highest BCUT2D eigenvalue weighted by atomic mass is 16.5. The van der Waals surface area contributed by atoms with Crippen LogP contribution in [0.25, 0.3) is 0 Å². The first-order valence-corrected chi connectivity index (χ1v) is 8.44. The van der Waals surface area contributed by atoms with Crippen LogP contribution < -0.4 is 0 Å². The normalized spacial score (nSPS) is 33.6. The molecule has 1 aliphatic carbocycles. The summed E-state index contributed by atoms with van der Waals surface area (Å²) < 4.78 is 6.34. The molecular weight excluding hydrogens is 274 g/mol. The Morgan fingerprint density at radius 2 is 2.09 bits per heavy atom. The van der Waals surface area contributed by atoms with E-state index < -0.39 is 0 Å². The van der Waals surface area contributed by atoms with Crippen molar-refractivity contribution in [3.8, 4) is 0 Å². The lowest BCUT2D eigenvalue weighted by Gasteiger charge is -2.55. The summed E-state index contributed by atoms with van der Waals surface area (Å²) in [7, 11) is 0. The van der Waals surface area contributed by atoms with Crippen molar-refractivity contribution in [1.29, 1.82) is 0 Å². The molecular formula is C19H23NO2. The number of nitrogens with zero attached hydrogens (tertiary/aromatic N) is 1. The maximum absolute atomic E-state index is 12.4. The molecule has 1 saturated carbocycles. The van der Waals surface area contributed by atoms with Crippen LogP contribution in [-0.4, -0.2) is 22.4 Å². The summed E-state index contributed by atoms with van der Waals surface area (Å²) in [4.78, 5) is 14.4. The Morgan fingerprint density at radius 3 is 2.95 bits per heavy atom. The van der Waals surface area contributed by atoms with Crippen LogP contribution >= 0.6 is 0 Å². The summed E-state index contributed by atoms with van der Waals surface area (Å²) in [5, 5.41) is 0. The van der Waals surface area contributed by atoms with E-state index in [0.29, 0.717) is 18.9 Å². The molecule has 3 aliphatic rings. The van der Waals surface area contributed by atoms with Gasteiger partial charge in [0.15, 0.2) is 0 Å². The van der Waals surface area contributed by atoms with Crippen molar-refractivity contribution in [1.82, 2.24) is 4.90 Å². The predicted octanol–water partition coefficient (Wildman–Crippen LogP) is 3.65. The Labute approximate surface area is 132 Å². The van der Waals surface area contributed by atoms with Gasteiger partial charge < -0.3 is 9.64 Å². The highest BCUT2D eigenvalue weighted by Crippen LogP contribution is 2.47. The molecule has 2 bridgehead atoms. The van der Waals surface area contributed by atoms with Gasteiger partial charge in [-0.1, -0.05) is 42.8 Å². The molecule has 3 heteroatoms. The van der Waals surface area contributed by atoms with E-state index in [9.17, 15) is 4.79 Å². The standard InChI is InChI=1S/C19H23NO2/c21-18-9-8-17(22-14-16-5-2-1-3-6-16)19-11-4-7-15(13-19)10-12-20(18)19/h1-3,5-6,10,12,15,17H,4,7-9,11,13-14H2/t15-,17-,19-/m0/s1. The molecule has 2 heterocycles. The van der Waals surface area contributed by atoms with E-state index in [4.69, 9.17) is 4.74 Å². The fraction of sp³-hybridized carbons (Fsp3) is 0.526. The molecule has 0 N–H and O–H groups in total. The zero-order valence-electron chi connectivity index (χ0n) is 12.9. The van der Waals surface area contributed by atoms with E-state index in [1.54, 1.807) is 0 Å². The monoisotopic (exact) mass is 297 g/mol. The minimum atomic E-state index is -0.0816. The molecule has 3 atom stereocenters. The summed E-state index contributed by atoms with van der Waals surface area (Å²) in [5.41, 5.74) is 1.13. The van der Waals surface area contributed by atoms with Crippen molar-refractivity contribution >= 4 is 5.91 Å². The molecule has 3 nitrogen and oxygen atoms in total. The Morgan fingerprint density at radius 1 is 1.23 bits per heavy atom. The SMILES string of the molecule is O=C1CC[C@H](OCc2ccccc2)[C@@]23CCC[C@@H](C=CN12)C3. The molecule has 2 aliphatic heterocycles. The van der Waals surface area contributed by atoms with Crippen molar-refractivity contribution in [2.75, 3.05) is 0 Å². The topological polar surface area (TPSA) is 29.5 Å².